The molecule has 3 rings (SSSR count). The Morgan fingerprint density at radius 3 is 2.87 bits per heavy atom. The van der Waals surface area contributed by atoms with Crippen molar-refractivity contribution < 1.29 is 0 Å². The minimum absolute atomic E-state index is 0.653. The predicted octanol–water partition coefficient (Wildman–Crippen LogP) is 2.05. The molecule has 0 spiro atoms. The molecule has 1 aromatic heterocycles. The van der Waals surface area contributed by atoms with Crippen LogP contribution >= 0.6 is 0 Å². The lowest BCUT2D eigenvalue weighted by Crippen LogP contribution is -2.35. The van der Waals surface area contributed by atoms with Crippen molar-refractivity contribution in [3.8, 4) is 0 Å². The number of H-pyrrole nitrogens is 1. The van der Waals surface area contributed by atoms with E-state index < -0.39 is 0 Å². The van der Waals surface area contributed by atoms with Crippen LogP contribution in [0.25, 0.3) is 0 Å². The zero-order valence-corrected chi connectivity index (χ0v) is 9.58. The standard InChI is InChI=1S/C12H19N3/c1-8(2)15-6-5-11-10(7-15)12(14-13-11)9-3-4-9/h8-9H,3-7H2,1-2H3,(H,13,14). The molecule has 2 aliphatic rings. The monoisotopic (exact) mass is 205 g/mol. The fourth-order valence-corrected chi connectivity index (χ4v) is 2.47. The summed E-state index contributed by atoms with van der Waals surface area (Å²) in [7, 11) is 0. The maximum atomic E-state index is 4.50. The van der Waals surface area contributed by atoms with Gasteiger partial charge in [0, 0.05) is 42.7 Å². The van der Waals surface area contributed by atoms with E-state index in [-0.39, 0.29) is 0 Å². The summed E-state index contributed by atoms with van der Waals surface area (Å²) in [4.78, 5) is 2.55. The van der Waals surface area contributed by atoms with Crippen LogP contribution in [0.15, 0.2) is 0 Å². The Hall–Kier alpha value is -0.830. The second-order valence-electron chi connectivity index (χ2n) is 5.15. The number of hydrogen-bond acceptors (Lipinski definition) is 2. The zero-order valence-electron chi connectivity index (χ0n) is 9.58. The van der Waals surface area contributed by atoms with Gasteiger partial charge in [-0.2, -0.15) is 5.10 Å². The van der Waals surface area contributed by atoms with Crippen molar-refractivity contribution in [2.24, 2.45) is 0 Å². The van der Waals surface area contributed by atoms with E-state index in [4.69, 9.17) is 0 Å². The van der Waals surface area contributed by atoms with Gasteiger partial charge in [0.15, 0.2) is 0 Å². The van der Waals surface area contributed by atoms with Gasteiger partial charge in [-0.25, -0.2) is 0 Å². The molecule has 3 heteroatoms. The Morgan fingerprint density at radius 2 is 2.20 bits per heavy atom. The van der Waals surface area contributed by atoms with Gasteiger partial charge in [-0.05, 0) is 26.7 Å². The van der Waals surface area contributed by atoms with Crippen LogP contribution in [0.4, 0.5) is 0 Å². The van der Waals surface area contributed by atoms with Crippen LogP contribution in [0.1, 0.15) is 49.6 Å². The van der Waals surface area contributed by atoms with Crippen LogP contribution in [0.2, 0.25) is 0 Å². The van der Waals surface area contributed by atoms with Crippen molar-refractivity contribution in [1.82, 2.24) is 15.1 Å². The van der Waals surface area contributed by atoms with E-state index in [1.165, 1.54) is 36.3 Å². The summed E-state index contributed by atoms with van der Waals surface area (Å²) in [5.74, 6) is 0.775. The Kier molecular flexibility index (Phi) is 2.09. The molecule has 0 unspecified atom stereocenters. The zero-order chi connectivity index (χ0) is 10.4. The van der Waals surface area contributed by atoms with Gasteiger partial charge < -0.3 is 0 Å². The van der Waals surface area contributed by atoms with Crippen molar-refractivity contribution in [3.05, 3.63) is 17.0 Å². The van der Waals surface area contributed by atoms with Crippen LogP contribution in [0.3, 0.4) is 0 Å². The minimum atomic E-state index is 0.653. The van der Waals surface area contributed by atoms with E-state index in [0.29, 0.717) is 6.04 Å². The van der Waals surface area contributed by atoms with E-state index in [0.717, 1.165) is 18.9 Å². The van der Waals surface area contributed by atoms with Gasteiger partial charge in [0.05, 0.1) is 5.69 Å². The highest BCUT2D eigenvalue weighted by Crippen LogP contribution is 2.42. The number of nitrogens with zero attached hydrogens (tertiary/aromatic N) is 2. The second kappa shape index (κ2) is 3.34. The van der Waals surface area contributed by atoms with Crippen molar-refractivity contribution in [2.75, 3.05) is 6.54 Å². The fourth-order valence-electron chi connectivity index (χ4n) is 2.47. The van der Waals surface area contributed by atoms with Crippen LogP contribution in [-0.4, -0.2) is 27.7 Å². The maximum Gasteiger partial charge on any atom is 0.0700 e. The highest BCUT2D eigenvalue weighted by Gasteiger charge is 2.32. The molecule has 15 heavy (non-hydrogen) atoms. The summed E-state index contributed by atoms with van der Waals surface area (Å²) in [6.07, 6.45) is 3.84. The summed E-state index contributed by atoms with van der Waals surface area (Å²) in [6, 6.07) is 0.653. The van der Waals surface area contributed by atoms with E-state index >= 15 is 0 Å². The van der Waals surface area contributed by atoms with E-state index in [2.05, 4.69) is 28.9 Å². The number of fused-ring (bicyclic) bond motifs is 1. The minimum Gasteiger partial charge on any atom is -0.296 e. The molecule has 82 valence electrons. The second-order valence-corrected chi connectivity index (χ2v) is 5.15. The Bertz CT molecular complexity index is 363. The van der Waals surface area contributed by atoms with Crippen LogP contribution < -0.4 is 0 Å². The Balaban J connectivity index is 1.88. The molecule has 0 bridgehead atoms. The third-order valence-electron chi connectivity index (χ3n) is 3.69. The van der Waals surface area contributed by atoms with Gasteiger partial charge in [-0.3, -0.25) is 10.00 Å². The summed E-state index contributed by atoms with van der Waals surface area (Å²) < 4.78 is 0. The summed E-state index contributed by atoms with van der Waals surface area (Å²) in [5.41, 5.74) is 4.28. The quantitative estimate of drug-likeness (QED) is 0.801. The van der Waals surface area contributed by atoms with E-state index in [1.54, 1.807) is 0 Å². The topological polar surface area (TPSA) is 31.9 Å². The third-order valence-corrected chi connectivity index (χ3v) is 3.69. The fraction of sp³-hybridized carbons (Fsp3) is 0.750. The molecular formula is C12H19N3. The van der Waals surface area contributed by atoms with Gasteiger partial charge in [-0.15, -0.1) is 0 Å². The highest BCUT2D eigenvalue weighted by atomic mass is 15.2. The molecule has 0 saturated heterocycles. The maximum absolute atomic E-state index is 4.50. The molecule has 1 aliphatic carbocycles. The number of aromatic amines is 1. The normalized spacial score (nSPS) is 22.1. The van der Waals surface area contributed by atoms with Crippen molar-refractivity contribution in [2.45, 2.75) is 51.6 Å². The molecule has 3 nitrogen and oxygen atoms in total. The van der Waals surface area contributed by atoms with E-state index in [1.807, 2.05) is 0 Å². The average Bonchev–Trinajstić information content (AvgIpc) is 2.98. The average molecular weight is 205 g/mol. The number of hydrogen-bond donors (Lipinski definition) is 1. The molecule has 1 fully saturated rings. The smallest absolute Gasteiger partial charge is 0.0700 e. The van der Waals surface area contributed by atoms with Gasteiger partial charge in [0.2, 0.25) is 0 Å². The number of nitrogens with one attached hydrogen (secondary N) is 1. The Morgan fingerprint density at radius 1 is 1.40 bits per heavy atom. The largest absolute Gasteiger partial charge is 0.296 e. The third kappa shape index (κ3) is 1.59. The Labute approximate surface area is 90.9 Å². The molecule has 1 aromatic rings. The SMILES string of the molecule is CC(C)N1CCc2[nH]nc(C3CC3)c2C1. The van der Waals surface area contributed by atoms with Crippen molar-refractivity contribution >= 4 is 0 Å². The van der Waals surface area contributed by atoms with Gasteiger partial charge in [0.1, 0.15) is 0 Å². The molecule has 1 saturated carbocycles. The van der Waals surface area contributed by atoms with Crippen LogP contribution in [-0.2, 0) is 13.0 Å². The van der Waals surface area contributed by atoms with Crippen molar-refractivity contribution in [1.29, 1.82) is 0 Å². The molecular weight excluding hydrogens is 186 g/mol. The molecule has 0 amide bonds. The summed E-state index contributed by atoms with van der Waals surface area (Å²) >= 11 is 0. The number of rotatable bonds is 2. The van der Waals surface area contributed by atoms with Gasteiger partial charge >= 0.3 is 0 Å². The molecule has 0 radical (unpaired) electrons. The molecule has 0 atom stereocenters. The van der Waals surface area contributed by atoms with Crippen LogP contribution in [0, 0.1) is 0 Å². The summed E-state index contributed by atoms with van der Waals surface area (Å²) in [5, 5.41) is 7.73. The molecule has 2 heterocycles. The highest BCUT2D eigenvalue weighted by molar-refractivity contribution is 5.32. The van der Waals surface area contributed by atoms with Crippen molar-refractivity contribution in [3.63, 3.8) is 0 Å². The lowest BCUT2D eigenvalue weighted by molar-refractivity contribution is 0.202. The molecule has 1 aliphatic heterocycles. The number of aromatic nitrogens is 2. The molecule has 1 N–H and O–H groups in total. The van der Waals surface area contributed by atoms with Gasteiger partial charge in [0.25, 0.3) is 0 Å². The molecule has 0 aromatic carbocycles. The summed E-state index contributed by atoms with van der Waals surface area (Å²) in [6.45, 7) is 6.84. The van der Waals surface area contributed by atoms with Gasteiger partial charge in [-0.1, -0.05) is 0 Å². The first-order chi connectivity index (χ1) is 7.25. The first-order valence-corrected chi connectivity index (χ1v) is 6.05. The first-order valence-electron chi connectivity index (χ1n) is 6.05. The lowest BCUT2D eigenvalue weighted by atomic mass is 10.0. The lowest BCUT2D eigenvalue weighted by Gasteiger charge is -2.30. The van der Waals surface area contributed by atoms with E-state index in [9.17, 15) is 0 Å². The predicted molar refractivity (Wildman–Crippen MR) is 59.8 cm³/mol. The van der Waals surface area contributed by atoms with Crippen LogP contribution in [0.5, 0.6) is 0 Å². The first kappa shape index (κ1) is 9.40.